The van der Waals surface area contributed by atoms with Gasteiger partial charge in [0.05, 0.1) is 24.9 Å². The van der Waals surface area contributed by atoms with Crippen LogP contribution in [0.1, 0.15) is 34.4 Å². The van der Waals surface area contributed by atoms with E-state index in [9.17, 15) is 9.59 Å². The van der Waals surface area contributed by atoms with E-state index in [1.165, 1.54) is 6.07 Å². The Kier molecular flexibility index (Phi) is 4.80. The van der Waals surface area contributed by atoms with Crippen molar-refractivity contribution in [3.05, 3.63) is 51.3 Å². The Bertz CT molecular complexity index is 780. The Hall–Kier alpha value is -2.41. The number of H-pyrrole nitrogens is 1. The summed E-state index contributed by atoms with van der Waals surface area (Å²) in [6.45, 7) is 4.80. The first-order valence-corrected chi connectivity index (χ1v) is 8.09. The third-order valence-corrected chi connectivity index (χ3v) is 4.20. The van der Waals surface area contributed by atoms with Gasteiger partial charge in [0, 0.05) is 35.7 Å². The largest absolute Gasteiger partial charge is 0.379 e. The van der Waals surface area contributed by atoms with Crippen molar-refractivity contribution in [2.75, 3.05) is 13.2 Å². The van der Waals surface area contributed by atoms with Gasteiger partial charge in [-0.1, -0.05) is 12.1 Å². The first-order valence-electron chi connectivity index (χ1n) is 8.09. The van der Waals surface area contributed by atoms with E-state index in [1.54, 1.807) is 6.07 Å². The molecule has 2 aromatic heterocycles. The molecule has 7 heteroatoms. The summed E-state index contributed by atoms with van der Waals surface area (Å²) in [5, 5.41) is 6.85. The van der Waals surface area contributed by atoms with E-state index >= 15 is 0 Å². The van der Waals surface area contributed by atoms with Crippen LogP contribution in [0.2, 0.25) is 0 Å². The maximum Gasteiger partial charge on any atom is 0.251 e. The van der Waals surface area contributed by atoms with Crippen molar-refractivity contribution in [3.8, 4) is 0 Å². The molecule has 1 amide bonds. The van der Waals surface area contributed by atoms with Crippen molar-refractivity contribution in [1.82, 2.24) is 15.5 Å². The van der Waals surface area contributed by atoms with Gasteiger partial charge in [0.15, 0.2) is 0 Å². The Morgan fingerprint density at radius 1 is 1.38 bits per heavy atom. The van der Waals surface area contributed by atoms with Crippen molar-refractivity contribution in [1.29, 1.82) is 0 Å². The highest BCUT2D eigenvalue weighted by molar-refractivity contribution is 5.94. The zero-order valence-corrected chi connectivity index (χ0v) is 13.8. The molecule has 3 rings (SSSR count). The highest BCUT2D eigenvalue weighted by Gasteiger charge is 2.31. The highest BCUT2D eigenvalue weighted by atomic mass is 16.5. The molecule has 2 atom stereocenters. The minimum atomic E-state index is -0.268. The van der Waals surface area contributed by atoms with Gasteiger partial charge in [0.25, 0.3) is 5.91 Å². The fraction of sp³-hybridized carbons (Fsp3) is 0.471. The zero-order chi connectivity index (χ0) is 17.1. The van der Waals surface area contributed by atoms with Crippen LogP contribution in [0.3, 0.4) is 0 Å². The quantitative estimate of drug-likeness (QED) is 0.858. The van der Waals surface area contributed by atoms with Gasteiger partial charge < -0.3 is 19.6 Å². The number of aromatic nitrogens is 2. The lowest BCUT2D eigenvalue weighted by Crippen LogP contribution is -2.41. The van der Waals surface area contributed by atoms with Gasteiger partial charge in [-0.3, -0.25) is 9.59 Å². The number of ether oxygens (including phenoxy) is 1. The predicted molar refractivity (Wildman–Crippen MR) is 86.9 cm³/mol. The van der Waals surface area contributed by atoms with Gasteiger partial charge in [-0.25, -0.2) is 0 Å². The molecule has 1 aliphatic rings. The van der Waals surface area contributed by atoms with Crippen LogP contribution in [0.15, 0.2) is 27.5 Å². The molecule has 0 saturated carbocycles. The van der Waals surface area contributed by atoms with Crippen molar-refractivity contribution in [2.45, 2.75) is 32.7 Å². The van der Waals surface area contributed by atoms with Crippen molar-refractivity contribution < 1.29 is 14.1 Å². The summed E-state index contributed by atoms with van der Waals surface area (Å²) >= 11 is 0. The molecule has 7 nitrogen and oxygen atoms in total. The topological polar surface area (TPSA) is 97.2 Å². The summed E-state index contributed by atoms with van der Waals surface area (Å²) in [5.41, 5.74) is 1.68. The molecule has 0 radical (unpaired) electrons. The standard InChI is InChI=1S/C17H21N3O4/c1-3-13-5-11(7-16(21)18-13)17(22)19-15-9-23-8-12(15)6-14-4-10(2)20-24-14/h4-5,7,12,15H,3,6,8-9H2,1-2H3,(H,18,21)(H,19,22). The van der Waals surface area contributed by atoms with E-state index in [2.05, 4.69) is 15.5 Å². The number of rotatable bonds is 5. The summed E-state index contributed by atoms with van der Waals surface area (Å²) in [6, 6.07) is 4.80. The summed E-state index contributed by atoms with van der Waals surface area (Å²) < 4.78 is 10.8. The van der Waals surface area contributed by atoms with E-state index in [-0.39, 0.29) is 23.4 Å². The Morgan fingerprint density at radius 3 is 2.92 bits per heavy atom. The molecule has 2 N–H and O–H groups in total. The van der Waals surface area contributed by atoms with Crippen LogP contribution in [0.5, 0.6) is 0 Å². The van der Waals surface area contributed by atoms with Gasteiger partial charge in [0.1, 0.15) is 5.76 Å². The average Bonchev–Trinajstić information content (AvgIpc) is 3.16. The molecule has 0 spiro atoms. The molecule has 0 aromatic carbocycles. The molecule has 1 fully saturated rings. The third-order valence-electron chi connectivity index (χ3n) is 4.20. The Labute approximate surface area is 139 Å². The highest BCUT2D eigenvalue weighted by Crippen LogP contribution is 2.20. The number of nitrogens with one attached hydrogen (secondary N) is 2. The number of carbonyl (C=O) groups is 1. The maximum atomic E-state index is 12.5. The summed E-state index contributed by atoms with van der Waals surface area (Å²) in [6.07, 6.45) is 1.32. The second kappa shape index (κ2) is 7.00. The lowest BCUT2D eigenvalue weighted by molar-refractivity contribution is 0.0924. The minimum absolute atomic E-state index is 0.118. The molecule has 2 aromatic rings. The lowest BCUT2D eigenvalue weighted by Gasteiger charge is -2.18. The number of aryl methyl sites for hydroxylation is 2. The molecular formula is C17H21N3O4. The summed E-state index contributed by atoms with van der Waals surface area (Å²) in [5.74, 6) is 0.644. The van der Waals surface area contributed by atoms with E-state index < -0.39 is 0 Å². The molecule has 0 bridgehead atoms. The van der Waals surface area contributed by atoms with Crippen molar-refractivity contribution >= 4 is 5.91 Å². The van der Waals surface area contributed by atoms with Crippen molar-refractivity contribution in [3.63, 3.8) is 0 Å². The van der Waals surface area contributed by atoms with Crippen LogP contribution in [-0.2, 0) is 17.6 Å². The number of amides is 1. The second-order valence-electron chi connectivity index (χ2n) is 6.13. The van der Waals surface area contributed by atoms with Crippen LogP contribution in [0.4, 0.5) is 0 Å². The van der Waals surface area contributed by atoms with E-state index in [0.717, 1.165) is 17.1 Å². The molecule has 24 heavy (non-hydrogen) atoms. The summed E-state index contributed by atoms with van der Waals surface area (Å²) in [7, 11) is 0. The third kappa shape index (κ3) is 3.73. The van der Waals surface area contributed by atoms with Crippen LogP contribution in [0.25, 0.3) is 0 Å². The second-order valence-corrected chi connectivity index (χ2v) is 6.13. The molecule has 128 valence electrons. The monoisotopic (exact) mass is 331 g/mol. The number of hydrogen-bond acceptors (Lipinski definition) is 5. The zero-order valence-electron chi connectivity index (χ0n) is 13.8. The first-order chi connectivity index (χ1) is 11.5. The van der Waals surface area contributed by atoms with Crippen LogP contribution in [0, 0.1) is 12.8 Å². The number of nitrogens with zero attached hydrogens (tertiary/aromatic N) is 1. The van der Waals surface area contributed by atoms with Gasteiger partial charge in [-0.05, 0) is 19.4 Å². The summed E-state index contributed by atoms with van der Waals surface area (Å²) in [4.78, 5) is 26.8. The van der Waals surface area contributed by atoms with Crippen LogP contribution < -0.4 is 10.9 Å². The van der Waals surface area contributed by atoms with Gasteiger partial charge in [0.2, 0.25) is 5.56 Å². The molecule has 0 aliphatic carbocycles. The van der Waals surface area contributed by atoms with E-state index in [0.29, 0.717) is 31.6 Å². The minimum Gasteiger partial charge on any atom is -0.379 e. The average molecular weight is 331 g/mol. The smallest absolute Gasteiger partial charge is 0.251 e. The Balaban J connectivity index is 1.68. The van der Waals surface area contributed by atoms with Gasteiger partial charge in [-0.2, -0.15) is 0 Å². The molecular weight excluding hydrogens is 310 g/mol. The van der Waals surface area contributed by atoms with Gasteiger partial charge in [-0.15, -0.1) is 0 Å². The maximum absolute atomic E-state index is 12.5. The number of hydrogen-bond donors (Lipinski definition) is 2. The lowest BCUT2D eigenvalue weighted by atomic mass is 9.98. The van der Waals surface area contributed by atoms with E-state index in [1.807, 2.05) is 19.9 Å². The fourth-order valence-corrected chi connectivity index (χ4v) is 2.90. The predicted octanol–water partition coefficient (Wildman–Crippen LogP) is 1.22. The van der Waals surface area contributed by atoms with Crippen LogP contribution in [-0.4, -0.2) is 35.3 Å². The molecule has 3 heterocycles. The van der Waals surface area contributed by atoms with Crippen molar-refractivity contribution in [2.24, 2.45) is 5.92 Å². The normalized spacial score (nSPS) is 20.2. The molecule has 2 unspecified atom stereocenters. The first kappa shape index (κ1) is 16.4. The fourth-order valence-electron chi connectivity index (χ4n) is 2.90. The van der Waals surface area contributed by atoms with Crippen LogP contribution >= 0.6 is 0 Å². The SMILES string of the molecule is CCc1cc(C(=O)NC2COCC2Cc2cc(C)no2)cc(=O)[nH]1. The van der Waals surface area contributed by atoms with Gasteiger partial charge >= 0.3 is 0 Å². The molecule has 1 saturated heterocycles. The number of pyridine rings is 1. The van der Waals surface area contributed by atoms with E-state index in [4.69, 9.17) is 9.26 Å². The number of carbonyl (C=O) groups excluding carboxylic acids is 1. The molecule has 1 aliphatic heterocycles. The number of aromatic amines is 1. The Morgan fingerprint density at radius 2 is 2.21 bits per heavy atom.